The van der Waals surface area contributed by atoms with Gasteiger partial charge in [-0.2, -0.15) is 0 Å². The van der Waals surface area contributed by atoms with E-state index in [0.29, 0.717) is 12.6 Å². The Bertz CT molecular complexity index is 534. The Morgan fingerprint density at radius 1 is 1.30 bits per heavy atom. The summed E-state index contributed by atoms with van der Waals surface area (Å²) in [4.78, 5) is 7.81. The first-order valence-corrected chi connectivity index (χ1v) is 7.20. The van der Waals surface area contributed by atoms with Gasteiger partial charge in [-0.3, -0.25) is 0 Å². The first-order chi connectivity index (χ1) is 9.70. The maximum atomic E-state index is 5.65. The monoisotopic (exact) mass is 273 g/mol. The topological polar surface area (TPSA) is 49.9 Å². The largest absolute Gasteiger partial charge is 0.493 e. The van der Waals surface area contributed by atoms with Crippen LogP contribution in [0, 0.1) is 0 Å². The predicted octanol–water partition coefficient (Wildman–Crippen LogP) is 3.02. The number of hydrogen-bond donors (Lipinski definition) is 2. The number of H-pyrrole nitrogens is 1. The van der Waals surface area contributed by atoms with Gasteiger partial charge in [0.15, 0.2) is 0 Å². The molecule has 0 amide bonds. The minimum atomic E-state index is 0.503. The van der Waals surface area contributed by atoms with Crippen molar-refractivity contribution in [2.45, 2.75) is 33.2 Å². The highest BCUT2D eigenvalue weighted by Gasteiger charge is 2.08. The van der Waals surface area contributed by atoms with Crippen LogP contribution in [0.15, 0.2) is 30.5 Å². The molecule has 0 bridgehead atoms. The molecule has 0 atom stereocenters. The molecule has 0 aliphatic heterocycles. The van der Waals surface area contributed by atoms with E-state index in [4.69, 9.17) is 4.74 Å². The molecule has 1 heterocycles. The van der Waals surface area contributed by atoms with Crippen molar-refractivity contribution >= 4 is 0 Å². The number of hydrogen-bond acceptors (Lipinski definition) is 3. The highest BCUT2D eigenvalue weighted by molar-refractivity contribution is 5.66. The Balaban J connectivity index is 2.08. The van der Waals surface area contributed by atoms with Crippen molar-refractivity contribution < 1.29 is 4.74 Å². The lowest BCUT2D eigenvalue weighted by molar-refractivity contribution is 0.341. The molecule has 0 saturated carbocycles. The number of imidazole rings is 1. The molecule has 2 rings (SSSR count). The van der Waals surface area contributed by atoms with Crippen LogP contribution in [-0.4, -0.2) is 29.2 Å². The lowest BCUT2D eigenvalue weighted by Crippen LogP contribution is -2.25. The average Bonchev–Trinajstić information content (AvgIpc) is 2.88. The van der Waals surface area contributed by atoms with Crippen molar-refractivity contribution in [2.75, 3.05) is 13.2 Å². The van der Waals surface area contributed by atoms with Gasteiger partial charge in [0.05, 0.1) is 18.5 Å². The van der Waals surface area contributed by atoms with Gasteiger partial charge in [0.25, 0.3) is 0 Å². The number of rotatable bonds is 7. The van der Waals surface area contributed by atoms with Crippen LogP contribution < -0.4 is 10.1 Å². The second-order valence-electron chi connectivity index (χ2n) is 5.03. The fourth-order valence-electron chi connectivity index (χ4n) is 2.08. The molecule has 108 valence electrons. The molecule has 0 saturated heterocycles. The molecule has 0 fully saturated rings. The third-order valence-electron chi connectivity index (χ3n) is 3.02. The third-order valence-corrected chi connectivity index (χ3v) is 3.02. The van der Waals surface area contributed by atoms with Crippen molar-refractivity contribution in [1.29, 1.82) is 0 Å². The minimum absolute atomic E-state index is 0.503. The molecule has 20 heavy (non-hydrogen) atoms. The third kappa shape index (κ3) is 3.84. The molecule has 4 nitrogen and oxygen atoms in total. The quantitative estimate of drug-likeness (QED) is 0.815. The predicted molar refractivity (Wildman–Crippen MR) is 82.0 cm³/mol. The SMILES string of the molecule is CCOc1ccccc1-c1cnc(CCNC(C)C)[nH]1. The summed E-state index contributed by atoms with van der Waals surface area (Å²) in [6, 6.07) is 8.54. The van der Waals surface area contributed by atoms with Gasteiger partial charge < -0.3 is 15.0 Å². The Labute approximate surface area is 120 Å². The number of nitrogens with one attached hydrogen (secondary N) is 2. The zero-order chi connectivity index (χ0) is 14.4. The van der Waals surface area contributed by atoms with Crippen LogP contribution in [0.4, 0.5) is 0 Å². The summed E-state index contributed by atoms with van der Waals surface area (Å²) in [6.07, 6.45) is 2.78. The van der Waals surface area contributed by atoms with Crippen LogP contribution in [0.5, 0.6) is 5.75 Å². The molecule has 2 N–H and O–H groups in total. The Morgan fingerprint density at radius 2 is 2.10 bits per heavy atom. The van der Waals surface area contributed by atoms with Crippen LogP contribution in [0.2, 0.25) is 0 Å². The normalized spacial score (nSPS) is 11.0. The molecule has 0 unspecified atom stereocenters. The molecule has 0 aliphatic carbocycles. The van der Waals surface area contributed by atoms with E-state index in [1.807, 2.05) is 31.3 Å². The Hall–Kier alpha value is -1.81. The molecule has 1 aromatic heterocycles. The number of benzene rings is 1. The summed E-state index contributed by atoms with van der Waals surface area (Å²) in [7, 11) is 0. The van der Waals surface area contributed by atoms with Crippen molar-refractivity contribution in [3.05, 3.63) is 36.3 Å². The zero-order valence-corrected chi connectivity index (χ0v) is 12.4. The van der Waals surface area contributed by atoms with Crippen molar-refractivity contribution in [2.24, 2.45) is 0 Å². The zero-order valence-electron chi connectivity index (χ0n) is 12.4. The van der Waals surface area contributed by atoms with Gasteiger partial charge in [0.1, 0.15) is 11.6 Å². The van der Waals surface area contributed by atoms with Crippen LogP contribution in [0.1, 0.15) is 26.6 Å². The minimum Gasteiger partial charge on any atom is -0.493 e. The smallest absolute Gasteiger partial charge is 0.128 e. The van der Waals surface area contributed by atoms with E-state index >= 15 is 0 Å². The molecule has 2 aromatic rings. The summed E-state index contributed by atoms with van der Waals surface area (Å²) >= 11 is 0. The van der Waals surface area contributed by atoms with Crippen LogP contribution >= 0.6 is 0 Å². The lowest BCUT2D eigenvalue weighted by Gasteiger charge is -2.08. The van der Waals surface area contributed by atoms with Crippen LogP contribution in [-0.2, 0) is 6.42 Å². The first kappa shape index (κ1) is 14.6. The molecule has 0 aliphatic rings. The van der Waals surface area contributed by atoms with E-state index in [9.17, 15) is 0 Å². The average molecular weight is 273 g/mol. The summed E-state index contributed by atoms with van der Waals surface area (Å²) < 4.78 is 5.65. The Morgan fingerprint density at radius 3 is 2.85 bits per heavy atom. The summed E-state index contributed by atoms with van der Waals surface area (Å²) in [5, 5.41) is 3.39. The molecule has 4 heteroatoms. The molecular weight excluding hydrogens is 250 g/mol. The van der Waals surface area contributed by atoms with Gasteiger partial charge in [-0.25, -0.2) is 4.98 Å². The summed E-state index contributed by atoms with van der Waals surface area (Å²) in [5.41, 5.74) is 2.07. The molecule has 0 spiro atoms. The number of ether oxygens (including phenoxy) is 1. The van der Waals surface area contributed by atoms with Gasteiger partial charge >= 0.3 is 0 Å². The standard InChI is InChI=1S/C16H23N3O/c1-4-20-15-8-6-5-7-13(15)14-11-18-16(19-14)9-10-17-12(2)3/h5-8,11-12,17H,4,9-10H2,1-3H3,(H,18,19). The highest BCUT2D eigenvalue weighted by Crippen LogP contribution is 2.28. The molecular formula is C16H23N3O. The van der Waals surface area contributed by atoms with Gasteiger partial charge in [-0.1, -0.05) is 26.0 Å². The Kier molecular flexibility index (Phi) is 5.18. The van der Waals surface area contributed by atoms with Crippen LogP contribution in [0.25, 0.3) is 11.3 Å². The number of para-hydroxylation sites is 1. The fourth-order valence-corrected chi connectivity index (χ4v) is 2.08. The van der Waals surface area contributed by atoms with E-state index in [-0.39, 0.29) is 0 Å². The summed E-state index contributed by atoms with van der Waals surface area (Å²) in [5.74, 6) is 1.89. The first-order valence-electron chi connectivity index (χ1n) is 7.20. The number of nitrogens with zero attached hydrogens (tertiary/aromatic N) is 1. The van der Waals surface area contributed by atoms with E-state index in [0.717, 1.165) is 35.8 Å². The molecule has 1 aromatic carbocycles. The van der Waals surface area contributed by atoms with Crippen LogP contribution in [0.3, 0.4) is 0 Å². The molecule has 0 radical (unpaired) electrons. The van der Waals surface area contributed by atoms with E-state index < -0.39 is 0 Å². The number of aromatic amines is 1. The second-order valence-corrected chi connectivity index (χ2v) is 5.03. The number of aromatic nitrogens is 2. The fraction of sp³-hybridized carbons (Fsp3) is 0.438. The maximum absolute atomic E-state index is 5.65. The summed E-state index contributed by atoms with van der Waals surface area (Å²) in [6.45, 7) is 7.87. The highest BCUT2D eigenvalue weighted by atomic mass is 16.5. The van der Waals surface area contributed by atoms with Gasteiger partial charge in [0.2, 0.25) is 0 Å². The lowest BCUT2D eigenvalue weighted by atomic mass is 10.1. The van der Waals surface area contributed by atoms with E-state index in [1.165, 1.54) is 0 Å². The van der Waals surface area contributed by atoms with Gasteiger partial charge in [-0.15, -0.1) is 0 Å². The van der Waals surface area contributed by atoms with Crippen molar-refractivity contribution in [3.8, 4) is 17.0 Å². The van der Waals surface area contributed by atoms with E-state index in [2.05, 4.69) is 35.2 Å². The maximum Gasteiger partial charge on any atom is 0.128 e. The second kappa shape index (κ2) is 7.10. The van der Waals surface area contributed by atoms with Crippen molar-refractivity contribution in [1.82, 2.24) is 15.3 Å². The van der Waals surface area contributed by atoms with E-state index in [1.54, 1.807) is 0 Å². The van der Waals surface area contributed by atoms with Gasteiger partial charge in [0, 0.05) is 24.6 Å². The van der Waals surface area contributed by atoms with Crippen molar-refractivity contribution in [3.63, 3.8) is 0 Å². The van der Waals surface area contributed by atoms with Gasteiger partial charge in [-0.05, 0) is 19.1 Å².